The average molecular weight is 276 g/mol. The van der Waals surface area contributed by atoms with Crippen molar-refractivity contribution >= 4 is 6.03 Å². The van der Waals surface area contributed by atoms with Gasteiger partial charge in [0.1, 0.15) is 0 Å². The molecule has 0 bridgehead atoms. The fourth-order valence-electron chi connectivity index (χ4n) is 2.05. The number of hydrogen-bond donors (Lipinski definition) is 0. The molecule has 0 fully saturated rings. The molecule has 7 nitrogen and oxygen atoms in total. The molecule has 2 heterocycles. The Morgan fingerprint density at radius 3 is 1.85 bits per heavy atom. The van der Waals surface area contributed by atoms with Gasteiger partial charge in [-0.1, -0.05) is 36.9 Å². The van der Waals surface area contributed by atoms with Crippen molar-refractivity contribution in [2.24, 2.45) is 20.5 Å². The third-order valence-electron chi connectivity index (χ3n) is 3.14. The number of unbranched alkanes of at least 4 members (excludes halogenated alkanes) is 2. The van der Waals surface area contributed by atoms with Crippen LogP contribution in [0.4, 0.5) is 4.79 Å². The molecule has 0 spiro atoms. The van der Waals surface area contributed by atoms with Crippen LogP contribution in [0.3, 0.4) is 0 Å². The van der Waals surface area contributed by atoms with Crippen molar-refractivity contribution in [3.05, 3.63) is 24.0 Å². The third kappa shape index (κ3) is 3.28. The van der Waals surface area contributed by atoms with Crippen LogP contribution in [0, 0.1) is 0 Å². The minimum absolute atomic E-state index is 0.404. The Morgan fingerprint density at radius 2 is 1.40 bits per heavy atom. The summed E-state index contributed by atoms with van der Waals surface area (Å²) >= 11 is 0. The molecule has 108 valence electrons. The standard InChI is InChI=1S/C13H20N6O/c1-3-5-7-18-9-10-19(8-6-4-2)12(18)11-14-16-13(20)17-15-11/h9-10H,3-8H2,1-2H3. The summed E-state index contributed by atoms with van der Waals surface area (Å²) < 4.78 is 0. The highest BCUT2D eigenvalue weighted by molar-refractivity contribution is 5.75. The Balaban J connectivity index is 2.21. The fraction of sp³-hybridized carbons (Fsp3) is 0.615. The van der Waals surface area contributed by atoms with Crippen molar-refractivity contribution < 1.29 is 4.79 Å². The van der Waals surface area contributed by atoms with E-state index in [-0.39, 0.29) is 0 Å². The van der Waals surface area contributed by atoms with Gasteiger partial charge < -0.3 is 9.80 Å². The van der Waals surface area contributed by atoms with Crippen molar-refractivity contribution in [3.8, 4) is 0 Å². The predicted molar refractivity (Wildman–Crippen MR) is 74.5 cm³/mol. The molecule has 2 aliphatic heterocycles. The highest BCUT2D eigenvalue weighted by Crippen LogP contribution is 2.27. The van der Waals surface area contributed by atoms with Gasteiger partial charge in [-0.05, 0) is 12.8 Å². The summed E-state index contributed by atoms with van der Waals surface area (Å²) in [7, 11) is 0. The molecule has 0 aromatic rings. The molecule has 0 N–H and O–H groups in total. The van der Waals surface area contributed by atoms with Gasteiger partial charge in [0, 0.05) is 25.5 Å². The van der Waals surface area contributed by atoms with Crippen LogP contribution in [0.5, 0.6) is 0 Å². The van der Waals surface area contributed by atoms with E-state index in [2.05, 4.69) is 44.1 Å². The molecule has 0 radical (unpaired) electrons. The zero-order valence-corrected chi connectivity index (χ0v) is 12.0. The van der Waals surface area contributed by atoms with Crippen LogP contribution in [0.15, 0.2) is 44.5 Å². The van der Waals surface area contributed by atoms with E-state index in [9.17, 15) is 4.79 Å². The van der Waals surface area contributed by atoms with E-state index in [0.29, 0.717) is 5.82 Å². The molecule has 0 saturated heterocycles. The Kier molecular flexibility index (Phi) is 4.97. The lowest BCUT2D eigenvalue weighted by atomic mass is 10.3. The molecule has 0 atom stereocenters. The summed E-state index contributed by atoms with van der Waals surface area (Å²) in [5, 5.41) is 14.7. The van der Waals surface area contributed by atoms with E-state index in [0.717, 1.165) is 44.6 Å². The Labute approximate surface area is 118 Å². The van der Waals surface area contributed by atoms with Crippen LogP contribution in [0.2, 0.25) is 0 Å². The van der Waals surface area contributed by atoms with E-state index in [1.807, 2.05) is 12.4 Å². The van der Waals surface area contributed by atoms with Gasteiger partial charge in [-0.15, -0.1) is 10.2 Å². The van der Waals surface area contributed by atoms with Gasteiger partial charge >= 0.3 is 6.03 Å². The average Bonchev–Trinajstić information content (AvgIpc) is 2.86. The first-order chi connectivity index (χ1) is 9.76. The first-order valence-corrected chi connectivity index (χ1v) is 7.09. The van der Waals surface area contributed by atoms with Gasteiger partial charge in [0.15, 0.2) is 5.82 Å². The summed E-state index contributed by atoms with van der Waals surface area (Å²) in [6, 6.07) is -0.652. The van der Waals surface area contributed by atoms with Gasteiger partial charge in [0.05, 0.1) is 0 Å². The molecule has 0 aliphatic carbocycles. The van der Waals surface area contributed by atoms with Crippen LogP contribution in [-0.2, 0) is 0 Å². The fourth-order valence-corrected chi connectivity index (χ4v) is 2.05. The number of hydrogen-bond acceptors (Lipinski definition) is 5. The quantitative estimate of drug-likeness (QED) is 0.739. The summed E-state index contributed by atoms with van der Waals surface area (Å²) in [5.74, 6) is 1.27. The zero-order chi connectivity index (χ0) is 14.4. The number of urea groups is 1. The van der Waals surface area contributed by atoms with Gasteiger partial charge in [-0.25, -0.2) is 4.79 Å². The molecular weight excluding hydrogens is 256 g/mol. The third-order valence-corrected chi connectivity index (χ3v) is 3.14. The maximum Gasteiger partial charge on any atom is 0.404 e. The maximum absolute atomic E-state index is 10.9. The van der Waals surface area contributed by atoms with Crippen molar-refractivity contribution in [1.82, 2.24) is 9.80 Å². The first-order valence-electron chi connectivity index (χ1n) is 7.09. The van der Waals surface area contributed by atoms with Crippen molar-refractivity contribution in [2.75, 3.05) is 13.1 Å². The van der Waals surface area contributed by atoms with Gasteiger partial charge in [0.2, 0.25) is 5.82 Å². The molecule has 2 rings (SSSR count). The van der Waals surface area contributed by atoms with Crippen LogP contribution >= 0.6 is 0 Å². The largest absolute Gasteiger partial charge is 0.404 e. The highest BCUT2D eigenvalue weighted by Gasteiger charge is 2.25. The zero-order valence-electron chi connectivity index (χ0n) is 12.0. The number of amides is 2. The van der Waals surface area contributed by atoms with Crippen molar-refractivity contribution in [2.45, 2.75) is 39.5 Å². The van der Waals surface area contributed by atoms with Crippen LogP contribution in [0.25, 0.3) is 0 Å². The molecule has 7 heteroatoms. The minimum atomic E-state index is -0.652. The second kappa shape index (κ2) is 6.93. The van der Waals surface area contributed by atoms with E-state index in [4.69, 9.17) is 0 Å². The number of carbonyl (C=O) groups is 1. The lowest BCUT2D eigenvalue weighted by Gasteiger charge is -2.25. The SMILES string of the molecule is CCCCN1C=CN(CCCC)C1=C1N=NC(=O)N=N1. The van der Waals surface area contributed by atoms with E-state index < -0.39 is 6.03 Å². The smallest absolute Gasteiger partial charge is 0.330 e. The summed E-state index contributed by atoms with van der Waals surface area (Å²) in [6.07, 6.45) is 8.43. The highest BCUT2D eigenvalue weighted by atomic mass is 16.2. The molecule has 0 saturated carbocycles. The van der Waals surface area contributed by atoms with Crippen LogP contribution in [0.1, 0.15) is 39.5 Å². The van der Waals surface area contributed by atoms with Gasteiger partial charge in [-0.2, -0.15) is 0 Å². The lowest BCUT2D eigenvalue weighted by molar-refractivity contribution is 0.253. The number of nitrogens with zero attached hydrogens (tertiary/aromatic N) is 6. The normalized spacial score (nSPS) is 17.8. The van der Waals surface area contributed by atoms with Crippen molar-refractivity contribution in [1.29, 1.82) is 0 Å². The summed E-state index contributed by atoms with van der Waals surface area (Å²) in [4.78, 5) is 15.1. The molecule has 2 aliphatic rings. The maximum atomic E-state index is 10.9. The molecule has 0 aromatic heterocycles. The topological polar surface area (TPSA) is 73.0 Å². The Hall–Kier alpha value is -2.05. The molecule has 0 unspecified atom stereocenters. The Morgan fingerprint density at radius 1 is 0.900 bits per heavy atom. The van der Waals surface area contributed by atoms with Crippen LogP contribution < -0.4 is 0 Å². The molecule has 20 heavy (non-hydrogen) atoms. The van der Waals surface area contributed by atoms with E-state index >= 15 is 0 Å². The number of carbonyl (C=O) groups excluding carboxylic acids is 1. The second-order valence-electron chi connectivity index (χ2n) is 4.72. The second-order valence-corrected chi connectivity index (χ2v) is 4.72. The van der Waals surface area contributed by atoms with Gasteiger partial charge in [0.25, 0.3) is 0 Å². The van der Waals surface area contributed by atoms with Crippen LogP contribution in [-0.4, -0.2) is 28.9 Å². The number of rotatable bonds is 6. The molecular formula is C13H20N6O. The van der Waals surface area contributed by atoms with E-state index in [1.54, 1.807) is 0 Å². The predicted octanol–water partition coefficient (Wildman–Crippen LogP) is 3.84. The Bertz CT molecular complexity index is 441. The van der Waals surface area contributed by atoms with E-state index in [1.165, 1.54) is 0 Å². The summed E-state index contributed by atoms with van der Waals surface area (Å²) in [5.41, 5.74) is 0. The minimum Gasteiger partial charge on any atom is -0.330 e. The number of azo groups is 2. The van der Waals surface area contributed by atoms with Crippen molar-refractivity contribution in [3.63, 3.8) is 0 Å². The molecule has 2 amide bonds. The summed E-state index contributed by atoms with van der Waals surface area (Å²) in [6.45, 7) is 6.10. The monoisotopic (exact) mass is 276 g/mol. The van der Waals surface area contributed by atoms with Gasteiger partial charge in [-0.3, -0.25) is 0 Å². The molecule has 0 aromatic carbocycles. The lowest BCUT2D eigenvalue weighted by Crippen LogP contribution is -2.26. The first kappa shape index (κ1) is 14.4.